The molecule has 2 heterocycles. The highest BCUT2D eigenvalue weighted by Crippen LogP contribution is 2.44. The zero-order chi connectivity index (χ0) is 23.8. The van der Waals surface area contributed by atoms with Crippen molar-refractivity contribution in [1.29, 1.82) is 0 Å². The fourth-order valence-electron chi connectivity index (χ4n) is 3.10. The van der Waals surface area contributed by atoms with Gasteiger partial charge >= 0.3 is 18.1 Å². The highest BCUT2D eigenvalue weighted by atomic mass is 32.2. The molecule has 3 aromatic rings. The zero-order valence-corrected chi connectivity index (χ0v) is 18.5. The first-order valence-electron chi connectivity index (χ1n) is 8.83. The van der Waals surface area contributed by atoms with Gasteiger partial charge in [0.25, 0.3) is 10.0 Å². The van der Waals surface area contributed by atoms with Gasteiger partial charge in [-0.25, -0.2) is 22.0 Å². The average molecular weight is 487 g/mol. The number of aryl methyl sites for hydroxylation is 1. The van der Waals surface area contributed by atoms with E-state index in [1.807, 2.05) is 0 Å². The molecular formula is C20H16F3NO6S2. The van der Waals surface area contributed by atoms with E-state index in [4.69, 9.17) is 0 Å². The van der Waals surface area contributed by atoms with E-state index in [-0.39, 0.29) is 8.85 Å². The molecule has 0 aliphatic heterocycles. The number of carbonyl (C=O) groups is 2. The standard InChI is InChI=1S/C20H16F3NO6S2/c1-11-6-8-12(9-7-11)32(27,28)24-16(13-5-4-10-31-13)14(18(25)29-2)15(19(26)30-3)17(24)20(21,22)23/h4-10H,1-3H3. The van der Waals surface area contributed by atoms with Crippen molar-refractivity contribution in [2.75, 3.05) is 14.2 Å². The zero-order valence-electron chi connectivity index (χ0n) is 16.9. The summed E-state index contributed by atoms with van der Waals surface area (Å²) >= 11 is 0.885. The topological polar surface area (TPSA) is 91.7 Å². The highest BCUT2D eigenvalue weighted by molar-refractivity contribution is 7.90. The molecule has 0 aliphatic carbocycles. The van der Waals surface area contributed by atoms with Crippen LogP contribution in [0.1, 0.15) is 32.0 Å². The van der Waals surface area contributed by atoms with Crippen LogP contribution in [-0.4, -0.2) is 38.5 Å². The Bertz CT molecular complexity index is 1270. The Hall–Kier alpha value is -3.12. The predicted molar refractivity (Wildman–Crippen MR) is 109 cm³/mol. The maximum atomic E-state index is 14.3. The van der Waals surface area contributed by atoms with Crippen molar-refractivity contribution in [3.05, 3.63) is 64.2 Å². The van der Waals surface area contributed by atoms with Gasteiger partial charge in [-0.3, -0.25) is 0 Å². The maximum absolute atomic E-state index is 14.3. The van der Waals surface area contributed by atoms with E-state index in [1.54, 1.807) is 6.92 Å². The molecule has 0 radical (unpaired) electrons. The van der Waals surface area contributed by atoms with Crippen LogP contribution >= 0.6 is 11.3 Å². The summed E-state index contributed by atoms with van der Waals surface area (Å²) in [6.45, 7) is 1.68. The van der Waals surface area contributed by atoms with Gasteiger partial charge in [0.1, 0.15) is 11.1 Å². The Balaban J connectivity index is 2.61. The lowest BCUT2D eigenvalue weighted by atomic mass is 10.1. The number of hydrogen-bond donors (Lipinski definition) is 0. The van der Waals surface area contributed by atoms with E-state index in [9.17, 15) is 31.2 Å². The number of esters is 2. The number of rotatable bonds is 5. The molecule has 12 heteroatoms. The van der Waals surface area contributed by atoms with E-state index in [0.29, 0.717) is 5.56 Å². The third-order valence-corrected chi connectivity index (χ3v) is 7.08. The quantitative estimate of drug-likeness (QED) is 0.497. The van der Waals surface area contributed by atoms with Crippen LogP contribution in [0.5, 0.6) is 0 Å². The van der Waals surface area contributed by atoms with Gasteiger partial charge in [0, 0.05) is 0 Å². The Morgan fingerprint density at radius 3 is 2.00 bits per heavy atom. The largest absolute Gasteiger partial charge is 0.465 e. The Kier molecular flexibility index (Phi) is 6.20. The van der Waals surface area contributed by atoms with E-state index < -0.39 is 55.5 Å². The Labute approximate surface area is 185 Å². The minimum Gasteiger partial charge on any atom is -0.465 e. The van der Waals surface area contributed by atoms with Crippen LogP contribution in [0.25, 0.3) is 10.6 Å². The van der Waals surface area contributed by atoms with Gasteiger partial charge in [-0.15, -0.1) is 11.3 Å². The van der Waals surface area contributed by atoms with Crippen molar-refractivity contribution < 1.29 is 40.7 Å². The van der Waals surface area contributed by atoms with Gasteiger partial charge < -0.3 is 9.47 Å². The van der Waals surface area contributed by atoms with Crippen molar-refractivity contribution in [2.24, 2.45) is 0 Å². The first-order chi connectivity index (χ1) is 14.9. The normalized spacial score (nSPS) is 11.9. The van der Waals surface area contributed by atoms with Crippen LogP contribution in [0.15, 0.2) is 46.7 Å². The van der Waals surface area contributed by atoms with Gasteiger partial charge in [-0.1, -0.05) is 23.8 Å². The molecule has 0 N–H and O–H groups in total. The van der Waals surface area contributed by atoms with Gasteiger partial charge in [0.05, 0.1) is 29.7 Å². The van der Waals surface area contributed by atoms with Crippen molar-refractivity contribution >= 4 is 33.3 Å². The summed E-state index contributed by atoms with van der Waals surface area (Å²) in [4.78, 5) is 24.5. The van der Waals surface area contributed by atoms with Crippen LogP contribution in [0.2, 0.25) is 0 Å². The lowest BCUT2D eigenvalue weighted by Gasteiger charge is -2.16. The molecule has 0 bridgehead atoms. The molecule has 1 aromatic carbocycles. The van der Waals surface area contributed by atoms with Crippen molar-refractivity contribution in [1.82, 2.24) is 3.97 Å². The lowest BCUT2D eigenvalue weighted by molar-refractivity contribution is -0.142. The Morgan fingerprint density at radius 2 is 1.53 bits per heavy atom. The first-order valence-corrected chi connectivity index (χ1v) is 11.2. The van der Waals surface area contributed by atoms with Crippen molar-refractivity contribution in [2.45, 2.75) is 18.0 Å². The second kappa shape index (κ2) is 8.43. The number of benzene rings is 1. The number of ether oxygens (including phenoxy) is 2. The summed E-state index contributed by atoms with van der Waals surface area (Å²) in [5.41, 5.74) is -3.92. The lowest BCUT2D eigenvalue weighted by Crippen LogP contribution is -2.24. The first kappa shape index (κ1) is 23.5. The number of halogens is 3. The third-order valence-electron chi connectivity index (χ3n) is 4.49. The van der Waals surface area contributed by atoms with E-state index in [1.165, 1.54) is 29.6 Å². The summed E-state index contributed by atoms with van der Waals surface area (Å²) in [5, 5.41) is 1.48. The number of methoxy groups -OCH3 is 2. The Morgan fingerprint density at radius 1 is 0.969 bits per heavy atom. The number of nitrogens with zero attached hydrogens (tertiary/aromatic N) is 1. The van der Waals surface area contributed by atoms with E-state index in [0.717, 1.165) is 37.7 Å². The molecule has 0 aliphatic rings. The van der Waals surface area contributed by atoms with Crippen molar-refractivity contribution in [3.8, 4) is 10.6 Å². The number of hydrogen-bond acceptors (Lipinski definition) is 7. The van der Waals surface area contributed by atoms with Gasteiger partial charge in [-0.05, 0) is 30.5 Å². The fourth-order valence-corrected chi connectivity index (χ4v) is 5.48. The molecule has 32 heavy (non-hydrogen) atoms. The summed E-state index contributed by atoms with van der Waals surface area (Å²) in [6.07, 6.45) is -5.35. The molecule has 0 saturated heterocycles. The summed E-state index contributed by atoms with van der Waals surface area (Å²) in [7, 11) is -3.20. The molecule has 0 fully saturated rings. The van der Waals surface area contributed by atoms with Crippen LogP contribution < -0.4 is 0 Å². The molecule has 3 rings (SSSR count). The van der Waals surface area contributed by atoms with Crippen molar-refractivity contribution in [3.63, 3.8) is 0 Å². The predicted octanol–water partition coefficient (Wildman–Crippen LogP) is 4.35. The van der Waals surface area contributed by atoms with Crippen LogP contribution in [0.3, 0.4) is 0 Å². The molecule has 0 saturated carbocycles. The smallest absolute Gasteiger partial charge is 0.433 e. The van der Waals surface area contributed by atoms with Crippen LogP contribution in [0, 0.1) is 6.92 Å². The average Bonchev–Trinajstić information content (AvgIpc) is 3.38. The molecule has 0 spiro atoms. The SMILES string of the molecule is COC(=O)c1c(C(=O)OC)c(C(F)(F)F)n(S(=O)(=O)c2ccc(C)cc2)c1-c1cccs1. The summed E-state index contributed by atoms with van der Waals surface area (Å²) in [5.74, 6) is -2.86. The summed E-state index contributed by atoms with van der Waals surface area (Å²) in [6, 6.07) is 7.89. The highest BCUT2D eigenvalue weighted by Gasteiger charge is 2.48. The minimum absolute atomic E-state index is 0.00161. The molecule has 0 atom stereocenters. The molecule has 0 unspecified atom stereocenters. The molecular weight excluding hydrogens is 471 g/mol. The van der Waals surface area contributed by atoms with Gasteiger partial charge in [-0.2, -0.15) is 13.2 Å². The van der Waals surface area contributed by atoms with E-state index >= 15 is 0 Å². The van der Waals surface area contributed by atoms with E-state index in [2.05, 4.69) is 9.47 Å². The molecule has 0 amide bonds. The van der Waals surface area contributed by atoms with Gasteiger partial charge in [0.2, 0.25) is 0 Å². The minimum atomic E-state index is -5.35. The summed E-state index contributed by atoms with van der Waals surface area (Å²) < 4.78 is 78.8. The molecule has 2 aromatic heterocycles. The van der Waals surface area contributed by atoms with Crippen LogP contribution in [0.4, 0.5) is 13.2 Å². The number of aromatic nitrogens is 1. The number of carbonyl (C=O) groups excluding carboxylic acids is 2. The van der Waals surface area contributed by atoms with Gasteiger partial charge in [0.15, 0.2) is 5.69 Å². The maximum Gasteiger partial charge on any atom is 0.433 e. The molecule has 7 nitrogen and oxygen atoms in total. The number of alkyl halides is 3. The number of thiophene rings is 1. The van der Waals surface area contributed by atoms with Crippen LogP contribution in [-0.2, 0) is 25.7 Å². The second-order valence-corrected chi connectivity index (χ2v) is 9.22. The monoisotopic (exact) mass is 487 g/mol. The third kappa shape index (κ3) is 3.91. The fraction of sp³-hybridized carbons (Fsp3) is 0.200. The second-order valence-electron chi connectivity index (χ2n) is 6.49. The molecule has 170 valence electrons.